The van der Waals surface area contributed by atoms with Gasteiger partial charge in [-0.2, -0.15) is 0 Å². The van der Waals surface area contributed by atoms with Crippen LogP contribution < -0.4 is 10.6 Å². The number of carboxylic acids is 1. The first kappa shape index (κ1) is 15.3. The Labute approximate surface area is 121 Å². The van der Waals surface area contributed by atoms with Gasteiger partial charge in [0.05, 0.1) is 17.3 Å². The molecule has 1 atom stereocenters. The molecule has 0 aliphatic heterocycles. The summed E-state index contributed by atoms with van der Waals surface area (Å²) in [5, 5.41) is 9.05. The summed E-state index contributed by atoms with van der Waals surface area (Å²) in [5.74, 6) is -1.11. The summed E-state index contributed by atoms with van der Waals surface area (Å²) < 4.78 is 23.8. The fourth-order valence-electron chi connectivity index (χ4n) is 1.91. The third kappa shape index (κ3) is 3.50. The molecule has 1 heterocycles. The molecule has 4 N–H and O–H groups in total. The molecular formula is C12H16N4O4S. The SMILES string of the molecule is C[C@](N)(Cc1ccc2ncn(NS(C)(=O)=O)c2c1)C(=O)O. The van der Waals surface area contributed by atoms with E-state index >= 15 is 0 Å². The Morgan fingerprint density at radius 3 is 2.76 bits per heavy atom. The van der Waals surface area contributed by atoms with Crippen LogP contribution in [0.25, 0.3) is 11.0 Å². The van der Waals surface area contributed by atoms with E-state index < -0.39 is 21.5 Å². The van der Waals surface area contributed by atoms with Crippen molar-refractivity contribution < 1.29 is 18.3 Å². The number of fused-ring (bicyclic) bond motifs is 1. The zero-order chi connectivity index (χ0) is 15.8. The monoisotopic (exact) mass is 312 g/mol. The number of hydrogen-bond donors (Lipinski definition) is 3. The van der Waals surface area contributed by atoms with Gasteiger partial charge >= 0.3 is 5.97 Å². The highest BCUT2D eigenvalue weighted by atomic mass is 32.2. The Morgan fingerprint density at radius 2 is 2.19 bits per heavy atom. The fraction of sp³-hybridized carbons (Fsp3) is 0.333. The number of hydrogen-bond acceptors (Lipinski definition) is 5. The van der Waals surface area contributed by atoms with E-state index in [-0.39, 0.29) is 6.42 Å². The van der Waals surface area contributed by atoms with E-state index in [1.54, 1.807) is 18.2 Å². The molecule has 0 fully saturated rings. The van der Waals surface area contributed by atoms with E-state index in [9.17, 15) is 13.2 Å². The Morgan fingerprint density at radius 1 is 1.52 bits per heavy atom. The molecule has 0 aliphatic carbocycles. The minimum absolute atomic E-state index is 0.113. The summed E-state index contributed by atoms with van der Waals surface area (Å²) in [6.07, 6.45) is 2.49. The summed E-state index contributed by atoms with van der Waals surface area (Å²) in [6.45, 7) is 1.42. The van der Waals surface area contributed by atoms with Crippen molar-refractivity contribution in [1.29, 1.82) is 0 Å². The molecule has 2 rings (SSSR count). The standard InChI is InChI=1S/C12H16N4O4S/c1-12(13,11(17)18)6-8-3-4-9-10(5-8)16(7-14-9)15-21(2,19)20/h3-5,7,15H,6,13H2,1-2H3,(H,17,18)/t12-/m0/s1. The number of carboxylic acid groups (broad SMARTS) is 1. The first-order valence-electron chi connectivity index (χ1n) is 6.04. The molecule has 9 heteroatoms. The number of aliphatic carboxylic acids is 1. The summed E-state index contributed by atoms with van der Waals surface area (Å²) >= 11 is 0. The maximum absolute atomic E-state index is 11.3. The summed E-state index contributed by atoms with van der Waals surface area (Å²) in [5.41, 5.74) is 6.10. The number of benzene rings is 1. The van der Waals surface area contributed by atoms with Crippen molar-refractivity contribution in [2.24, 2.45) is 5.73 Å². The number of sulfonamides is 1. The second kappa shape index (κ2) is 5.01. The third-order valence-electron chi connectivity index (χ3n) is 2.94. The topological polar surface area (TPSA) is 127 Å². The predicted molar refractivity (Wildman–Crippen MR) is 77.9 cm³/mol. The smallest absolute Gasteiger partial charge is 0.323 e. The molecule has 0 saturated carbocycles. The van der Waals surface area contributed by atoms with Crippen LogP contribution in [0.4, 0.5) is 0 Å². The van der Waals surface area contributed by atoms with Gasteiger partial charge in [0.25, 0.3) is 0 Å². The summed E-state index contributed by atoms with van der Waals surface area (Å²) in [7, 11) is -3.45. The lowest BCUT2D eigenvalue weighted by Crippen LogP contribution is -2.46. The van der Waals surface area contributed by atoms with E-state index in [2.05, 4.69) is 9.82 Å². The molecule has 0 saturated heterocycles. The quantitative estimate of drug-likeness (QED) is 0.706. The average molecular weight is 312 g/mol. The maximum atomic E-state index is 11.3. The number of aromatic nitrogens is 2. The molecular weight excluding hydrogens is 296 g/mol. The van der Waals surface area contributed by atoms with Gasteiger partial charge in [-0.1, -0.05) is 6.07 Å². The number of nitrogens with zero attached hydrogens (tertiary/aromatic N) is 2. The van der Waals surface area contributed by atoms with Crippen LogP contribution in [0, 0.1) is 0 Å². The molecule has 8 nitrogen and oxygen atoms in total. The van der Waals surface area contributed by atoms with E-state index in [0.717, 1.165) is 6.26 Å². The second-order valence-electron chi connectivity index (χ2n) is 5.20. The van der Waals surface area contributed by atoms with Crippen molar-refractivity contribution >= 4 is 27.0 Å². The van der Waals surface area contributed by atoms with Crippen molar-refractivity contribution in [1.82, 2.24) is 9.66 Å². The van der Waals surface area contributed by atoms with Crippen LogP contribution in [0.1, 0.15) is 12.5 Å². The molecule has 1 aromatic carbocycles. The van der Waals surface area contributed by atoms with E-state index in [0.29, 0.717) is 16.6 Å². The number of rotatable bonds is 5. The van der Waals surface area contributed by atoms with Gasteiger partial charge in [-0.05, 0) is 24.6 Å². The van der Waals surface area contributed by atoms with Crippen LogP contribution in [0.3, 0.4) is 0 Å². The lowest BCUT2D eigenvalue weighted by molar-refractivity contribution is -0.142. The van der Waals surface area contributed by atoms with Gasteiger partial charge in [0.15, 0.2) is 0 Å². The molecule has 114 valence electrons. The summed E-state index contributed by atoms with van der Waals surface area (Å²) in [4.78, 5) is 17.4. The fourth-order valence-corrected chi connectivity index (χ4v) is 2.42. The maximum Gasteiger partial charge on any atom is 0.323 e. The largest absolute Gasteiger partial charge is 0.480 e. The lowest BCUT2D eigenvalue weighted by Gasteiger charge is -2.19. The average Bonchev–Trinajstić information content (AvgIpc) is 2.69. The van der Waals surface area contributed by atoms with Crippen molar-refractivity contribution in [3.8, 4) is 0 Å². The minimum atomic E-state index is -3.45. The number of nitrogens with two attached hydrogens (primary N) is 1. The van der Waals surface area contributed by atoms with Gasteiger partial charge in [-0.25, -0.2) is 22.9 Å². The Balaban J connectivity index is 2.41. The molecule has 1 aromatic heterocycles. The Hall–Kier alpha value is -2.13. The van der Waals surface area contributed by atoms with Crippen molar-refractivity contribution in [2.75, 3.05) is 11.1 Å². The van der Waals surface area contributed by atoms with Crippen molar-refractivity contribution in [2.45, 2.75) is 18.9 Å². The normalized spacial score (nSPS) is 14.8. The lowest BCUT2D eigenvalue weighted by atomic mass is 9.94. The van der Waals surface area contributed by atoms with Crippen LogP contribution in [-0.2, 0) is 21.2 Å². The van der Waals surface area contributed by atoms with Gasteiger partial charge in [-0.15, -0.1) is 0 Å². The predicted octanol–water partition coefficient (Wildman–Crippen LogP) is -0.116. The Bertz CT molecular complexity index is 795. The van der Waals surface area contributed by atoms with Crippen LogP contribution in [0.15, 0.2) is 24.5 Å². The van der Waals surface area contributed by atoms with Gasteiger partial charge in [0, 0.05) is 6.42 Å². The molecule has 0 aliphatic rings. The van der Waals surface area contributed by atoms with Crippen LogP contribution in [0.2, 0.25) is 0 Å². The summed E-state index contributed by atoms with van der Waals surface area (Å²) in [6, 6.07) is 5.06. The number of imidazole rings is 1. The highest BCUT2D eigenvalue weighted by Gasteiger charge is 2.28. The van der Waals surface area contributed by atoms with Gasteiger partial charge in [0.1, 0.15) is 11.9 Å². The van der Waals surface area contributed by atoms with Gasteiger partial charge in [0.2, 0.25) is 10.0 Å². The highest BCUT2D eigenvalue weighted by molar-refractivity contribution is 7.91. The molecule has 0 unspecified atom stereocenters. The van der Waals surface area contributed by atoms with Gasteiger partial charge in [-0.3, -0.25) is 4.79 Å². The second-order valence-corrected chi connectivity index (χ2v) is 6.93. The number of carbonyl (C=O) groups is 1. The Kier molecular flexibility index (Phi) is 3.64. The third-order valence-corrected chi connectivity index (χ3v) is 3.46. The molecule has 21 heavy (non-hydrogen) atoms. The zero-order valence-electron chi connectivity index (χ0n) is 11.6. The first-order chi connectivity index (χ1) is 9.58. The minimum Gasteiger partial charge on any atom is -0.480 e. The van der Waals surface area contributed by atoms with E-state index in [1.807, 2.05) is 0 Å². The molecule has 2 aromatic rings. The van der Waals surface area contributed by atoms with Crippen molar-refractivity contribution in [3.63, 3.8) is 0 Å². The zero-order valence-corrected chi connectivity index (χ0v) is 12.4. The highest BCUT2D eigenvalue weighted by Crippen LogP contribution is 2.18. The van der Waals surface area contributed by atoms with E-state index in [1.165, 1.54) is 17.9 Å². The van der Waals surface area contributed by atoms with Crippen molar-refractivity contribution in [3.05, 3.63) is 30.1 Å². The molecule has 0 bridgehead atoms. The van der Waals surface area contributed by atoms with Crippen LogP contribution in [-0.4, -0.2) is 40.9 Å². The van der Waals surface area contributed by atoms with Crippen LogP contribution in [0.5, 0.6) is 0 Å². The first-order valence-corrected chi connectivity index (χ1v) is 7.94. The van der Waals surface area contributed by atoms with Crippen LogP contribution >= 0.6 is 0 Å². The molecule has 0 radical (unpaired) electrons. The molecule has 0 spiro atoms. The number of nitrogens with one attached hydrogen (secondary N) is 1. The van der Waals surface area contributed by atoms with E-state index in [4.69, 9.17) is 10.8 Å². The van der Waals surface area contributed by atoms with Gasteiger partial charge < -0.3 is 10.8 Å². The molecule has 0 amide bonds.